The number of nitrogens with zero attached hydrogens (tertiary/aromatic N) is 1. The molecule has 0 aromatic heterocycles. The molecule has 0 spiro atoms. The molecule has 5 heteroatoms. The molecule has 0 radical (unpaired) electrons. The molecule has 0 bridgehead atoms. The minimum absolute atomic E-state index is 0.117. The second-order valence-electron chi connectivity index (χ2n) is 5.91. The zero-order valence-electron chi connectivity index (χ0n) is 12.2. The first-order valence-electron chi connectivity index (χ1n) is 7.52. The van der Waals surface area contributed by atoms with E-state index in [1.807, 2.05) is 17.0 Å². The SMILES string of the molecule is C[C@@H]1C[C@@H](c2ccc(F)cc2)CN1C(=O)[C@@H]1COCCN1. The highest BCUT2D eigenvalue weighted by atomic mass is 19.1. The molecular weight excluding hydrogens is 271 g/mol. The zero-order chi connectivity index (χ0) is 14.8. The van der Waals surface area contributed by atoms with E-state index in [2.05, 4.69) is 12.2 Å². The number of nitrogens with one attached hydrogen (secondary N) is 1. The van der Waals surface area contributed by atoms with E-state index in [9.17, 15) is 9.18 Å². The molecule has 0 aliphatic carbocycles. The monoisotopic (exact) mass is 292 g/mol. The van der Waals surface area contributed by atoms with Crippen molar-refractivity contribution >= 4 is 5.91 Å². The summed E-state index contributed by atoms with van der Waals surface area (Å²) < 4.78 is 18.4. The van der Waals surface area contributed by atoms with Crippen LogP contribution in [0.4, 0.5) is 4.39 Å². The normalized spacial score (nSPS) is 29.6. The van der Waals surface area contributed by atoms with Gasteiger partial charge in [0.25, 0.3) is 0 Å². The molecule has 0 saturated carbocycles. The van der Waals surface area contributed by atoms with Crippen molar-refractivity contribution < 1.29 is 13.9 Å². The van der Waals surface area contributed by atoms with E-state index in [4.69, 9.17) is 4.74 Å². The summed E-state index contributed by atoms with van der Waals surface area (Å²) in [7, 11) is 0. The van der Waals surface area contributed by atoms with Crippen molar-refractivity contribution in [2.45, 2.75) is 31.3 Å². The van der Waals surface area contributed by atoms with Crippen LogP contribution in [0.25, 0.3) is 0 Å². The first-order chi connectivity index (χ1) is 10.1. The molecule has 21 heavy (non-hydrogen) atoms. The summed E-state index contributed by atoms with van der Waals surface area (Å²) in [5, 5.41) is 3.21. The van der Waals surface area contributed by atoms with Crippen LogP contribution >= 0.6 is 0 Å². The van der Waals surface area contributed by atoms with Gasteiger partial charge in [0.2, 0.25) is 5.91 Å². The Labute approximate surface area is 124 Å². The van der Waals surface area contributed by atoms with Crippen molar-refractivity contribution in [1.29, 1.82) is 0 Å². The highest BCUT2D eigenvalue weighted by Crippen LogP contribution is 2.32. The molecule has 2 saturated heterocycles. The van der Waals surface area contributed by atoms with Crippen molar-refractivity contribution in [3.05, 3.63) is 35.6 Å². The number of rotatable bonds is 2. The van der Waals surface area contributed by atoms with Crippen molar-refractivity contribution in [1.82, 2.24) is 10.2 Å². The van der Waals surface area contributed by atoms with Crippen LogP contribution in [-0.2, 0) is 9.53 Å². The number of ether oxygens (including phenoxy) is 1. The van der Waals surface area contributed by atoms with Gasteiger partial charge < -0.3 is 15.0 Å². The second kappa shape index (κ2) is 6.12. The topological polar surface area (TPSA) is 41.6 Å². The highest BCUT2D eigenvalue weighted by Gasteiger charge is 2.36. The average molecular weight is 292 g/mol. The molecule has 2 aliphatic heterocycles. The third-order valence-corrected chi connectivity index (χ3v) is 4.42. The number of morpholine rings is 1. The number of carbonyl (C=O) groups is 1. The molecule has 1 aromatic carbocycles. The first kappa shape index (κ1) is 14.5. The van der Waals surface area contributed by atoms with Gasteiger partial charge >= 0.3 is 0 Å². The van der Waals surface area contributed by atoms with Crippen molar-refractivity contribution in [3.63, 3.8) is 0 Å². The maximum Gasteiger partial charge on any atom is 0.242 e. The lowest BCUT2D eigenvalue weighted by atomic mass is 9.97. The number of likely N-dealkylation sites (tertiary alicyclic amines) is 1. The van der Waals surface area contributed by atoms with Crippen LogP contribution < -0.4 is 5.32 Å². The van der Waals surface area contributed by atoms with E-state index in [1.54, 1.807) is 0 Å². The van der Waals surface area contributed by atoms with E-state index in [1.165, 1.54) is 12.1 Å². The summed E-state index contributed by atoms with van der Waals surface area (Å²) in [6, 6.07) is 6.59. The Hall–Kier alpha value is -1.46. The summed E-state index contributed by atoms with van der Waals surface area (Å²) in [6.45, 7) is 4.61. The number of hydrogen-bond donors (Lipinski definition) is 1. The van der Waals surface area contributed by atoms with Gasteiger partial charge in [0.1, 0.15) is 11.9 Å². The fourth-order valence-corrected chi connectivity index (χ4v) is 3.24. The number of halogens is 1. The van der Waals surface area contributed by atoms with Crippen LogP contribution in [0.15, 0.2) is 24.3 Å². The third-order valence-electron chi connectivity index (χ3n) is 4.42. The van der Waals surface area contributed by atoms with Crippen molar-refractivity contribution in [2.75, 3.05) is 26.3 Å². The quantitative estimate of drug-likeness (QED) is 0.898. The molecule has 0 unspecified atom stereocenters. The maximum absolute atomic E-state index is 13.0. The number of hydrogen-bond acceptors (Lipinski definition) is 3. The van der Waals surface area contributed by atoms with Crippen molar-refractivity contribution in [3.8, 4) is 0 Å². The van der Waals surface area contributed by atoms with Crippen LogP contribution in [0.2, 0.25) is 0 Å². The predicted molar refractivity (Wildman–Crippen MR) is 77.5 cm³/mol. The van der Waals surface area contributed by atoms with E-state index in [0.717, 1.165) is 18.5 Å². The molecule has 2 aliphatic rings. The molecule has 3 rings (SSSR count). The molecular formula is C16H21FN2O2. The van der Waals surface area contributed by atoms with Gasteiger partial charge in [-0.25, -0.2) is 4.39 Å². The smallest absolute Gasteiger partial charge is 0.242 e. The van der Waals surface area contributed by atoms with E-state index >= 15 is 0 Å². The maximum atomic E-state index is 13.0. The Kier molecular flexibility index (Phi) is 4.22. The third kappa shape index (κ3) is 3.09. The van der Waals surface area contributed by atoms with Gasteiger partial charge in [0.15, 0.2) is 0 Å². The Balaban J connectivity index is 1.67. The summed E-state index contributed by atoms with van der Waals surface area (Å²) in [6.07, 6.45) is 0.922. The van der Waals surface area contributed by atoms with Crippen LogP contribution in [0.5, 0.6) is 0 Å². The Bertz CT molecular complexity index is 500. The van der Waals surface area contributed by atoms with Gasteiger partial charge in [-0.15, -0.1) is 0 Å². The van der Waals surface area contributed by atoms with Gasteiger partial charge in [-0.3, -0.25) is 4.79 Å². The summed E-state index contributed by atoms with van der Waals surface area (Å²) in [4.78, 5) is 14.5. The predicted octanol–water partition coefficient (Wildman–Crippen LogP) is 1.52. The Morgan fingerprint density at radius 1 is 1.38 bits per heavy atom. The molecule has 2 heterocycles. The first-order valence-corrected chi connectivity index (χ1v) is 7.52. The second-order valence-corrected chi connectivity index (χ2v) is 5.91. The summed E-state index contributed by atoms with van der Waals surface area (Å²) in [5.74, 6) is 0.183. The van der Waals surface area contributed by atoms with Crippen molar-refractivity contribution in [2.24, 2.45) is 0 Å². The van der Waals surface area contributed by atoms with Gasteiger partial charge in [0.05, 0.1) is 13.2 Å². The molecule has 4 nitrogen and oxygen atoms in total. The van der Waals surface area contributed by atoms with Gasteiger partial charge in [-0.05, 0) is 31.0 Å². The lowest BCUT2D eigenvalue weighted by Gasteiger charge is -2.29. The van der Waals surface area contributed by atoms with Gasteiger partial charge in [-0.2, -0.15) is 0 Å². The lowest BCUT2D eigenvalue weighted by Crippen LogP contribution is -2.53. The van der Waals surface area contributed by atoms with E-state index in [0.29, 0.717) is 19.8 Å². The van der Waals surface area contributed by atoms with Crippen LogP contribution in [0.3, 0.4) is 0 Å². The summed E-state index contributed by atoms with van der Waals surface area (Å²) in [5.41, 5.74) is 1.10. The molecule has 1 aromatic rings. The molecule has 2 fully saturated rings. The fraction of sp³-hybridized carbons (Fsp3) is 0.562. The Morgan fingerprint density at radius 2 is 2.14 bits per heavy atom. The van der Waals surface area contributed by atoms with E-state index < -0.39 is 0 Å². The van der Waals surface area contributed by atoms with Crippen LogP contribution in [0, 0.1) is 5.82 Å². The highest BCUT2D eigenvalue weighted by molar-refractivity contribution is 5.82. The van der Waals surface area contributed by atoms with Gasteiger partial charge in [-0.1, -0.05) is 12.1 Å². The fourth-order valence-electron chi connectivity index (χ4n) is 3.24. The minimum Gasteiger partial charge on any atom is -0.378 e. The zero-order valence-corrected chi connectivity index (χ0v) is 12.2. The molecule has 1 amide bonds. The molecule has 3 atom stereocenters. The Morgan fingerprint density at radius 3 is 2.81 bits per heavy atom. The van der Waals surface area contributed by atoms with Gasteiger partial charge in [0, 0.05) is 25.0 Å². The standard InChI is InChI=1S/C16H21FN2O2/c1-11-8-13(12-2-4-14(17)5-3-12)9-19(11)16(20)15-10-21-7-6-18-15/h2-5,11,13,15,18H,6-10H2,1H3/t11-,13-,15+/m1/s1. The number of carbonyl (C=O) groups excluding carboxylic acids is 1. The number of amides is 1. The lowest BCUT2D eigenvalue weighted by molar-refractivity contribution is -0.136. The average Bonchev–Trinajstić information content (AvgIpc) is 2.90. The van der Waals surface area contributed by atoms with Crippen LogP contribution in [-0.4, -0.2) is 49.2 Å². The molecule has 114 valence electrons. The number of benzene rings is 1. The van der Waals surface area contributed by atoms with E-state index in [-0.39, 0.29) is 29.7 Å². The largest absolute Gasteiger partial charge is 0.378 e. The summed E-state index contributed by atoms with van der Waals surface area (Å²) >= 11 is 0. The minimum atomic E-state index is -0.229. The molecule has 1 N–H and O–H groups in total. The van der Waals surface area contributed by atoms with Crippen LogP contribution in [0.1, 0.15) is 24.8 Å².